The third-order valence-electron chi connectivity index (χ3n) is 4.26. The monoisotopic (exact) mass is 327 g/mol. The maximum atomic E-state index is 11.6. The van der Waals surface area contributed by atoms with E-state index >= 15 is 0 Å². The van der Waals surface area contributed by atoms with Gasteiger partial charge in [-0.1, -0.05) is 60.7 Å². The fraction of sp³-hybridized carbons (Fsp3) is 0.0476. The molecule has 0 aliphatic heterocycles. The Bertz CT molecular complexity index is 1040. The van der Waals surface area contributed by atoms with Gasteiger partial charge in [0.1, 0.15) is 5.65 Å². The maximum absolute atomic E-state index is 11.6. The molecule has 0 unspecified atom stereocenters. The first-order valence-electron chi connectivity index (χ1n) is 8.12. The van der Waals surface area contributed by atoms with Crippen molar-refractivity contribution in [1.29, 1.82) is 0 Å². The number of benzene rings is 2. The number of hydrogen-bond acceptors (Lipinski definition) is 2. The van der Waals surface area contributed by atoms with Crippen LogP contribution in [-0.2, 0) is 6.42 Å². The number of nitrogens with zero attached hydrogens (tertiary/aromatic N) is 2. The van der Waals surface area contributed by atoms with Crippen LogP contribution >= 0.6 is 0 Å². The van der Waals surface area contributed by atoms with E-state index in [1.165, 1.54) is 5.56 Å². The highest BCUT2D eigenvalue weighted by Crippen LogP contribution is 2.26. The topological polar surface area (TPSA) is 60.4 Å². The zero-order valence-corrected chi connectivity index (χ0v) is 13.6. The average molecular weight is 327 g/mol. The van der Waals surface area contributed by atoms with Gasteiger partial charge in [-0.3, -0.25) is 4.79 Å². The first-order valence-corrected chi connectivity index (χ1v) is 8.12. The molecule has 0 radical (unpaired) electrons. The molecule has 2 heterocycles. The van der Waals surface area contributed by atoms with Crippen LogP contribution in [0, 0.1) is 0 Å². The van der Waals surface area contributed by atoms with E-state index in [9.17, 15) is 4.79 Å². The summed E-state index contributed by atoms with van der Waals surface area (Å²) in [7, 11) is 0. The molecule has 4 rings (SSSR count). The van der Waals surface area contributed by atoms with Crippen molar-refractivity contribution < 1.29 is 4.79 Å². The van der Waals surface area contributed by atoms with E-state index < -0.39 is 5.91 Å². The lowest BCUT2D eigenvalue weighted by atomic mass is 10.0. The Kier molecular flexibility index (Phi) is 3.78. The molecule has 4 aromatic rings. The van der Waals surface area contributed by atoms with Gasteiger partial charge in [0.15, 0.2) is 0 Å². The Morgan fingerprint density at radius 2 is 1.60 bits per heavy atom. The van der Waals surface area contributed by atoms with Gasteiger partial charge >= 0.3 is 0 Å². The molecule has 0 saturated carbocycles. The van der Waals surface area contributed by atoms with E-state index in [1.807, 2.05) is 59.0 Å². The molecule has 0 aliphatic carbocycles. The average Bonchev–Trinajstić information content (AvgIpc) is 3.01. The molecule has 4 nitrogen and oxygen atoms in total. The number of primary amides is 1. The Balaban J connectivity index is 1.94. The van der Waals surface area contributed by atoms with Gasteiger partial charge in [0.05, 0.1) is 17.0 Å². The first kappa shape index (κ1) is 15.1. The van der Waals surface area contributed by atoms with Crippen LogP contribution in [0.25, 0.3) is 16.9 Å². The summed E-state index contributed by atoms with van der Waals surface area (Å²) in [5.74, 6) is -0.442. The van der Waals surface area contributed by atoms with Crippen LogP contribution in [0.15, 0.2) is 79.0 Å². The number of carbonyl (C=O) groups excluding carboxylic acids is 1. The van der Waals surface area contributed by atoms with Gasteiger partial charge in [-0.15, -0.1) is 0 Å². The first-order chi connectivity index (χ1) is 12.2. The zero-order chi connectivity index (χ0) is 17.2. The van der Waals surface area contributed by atoms with Crippen molar-refractivity contribution in [2.75, 3.05) is 0 Å². The van der Waals surface area contributed by atoms with Crippen molar-refractivity contribution in [2.24, 2.45) is 5.73 Å². The molecule has 2 N–H and O–H groups in total. The standard InChI is InChI=1S/C21H17N3O/c22-21(25)17-11-12-19-23-20(16-9-5-2-6-10-16)18(24(19)14-17)13-15-7-3-1-4-8-15/h1-12,14H,13H2,(H2,22,25). The fourth-order valence-electron chi connectivity index (χ4n) is 3.02. The second kappa shape index (κ2) is 6.24. The zero-order valence-electron chi connectivity index (χ0n) is 13.6. The van der Waals surface area contributed by atoms with Crippen LogP contribution in [0.1, 0.15) is 21.6 Å². The Labute approximate surface area is 145 Å². The lowest BCUT2D eigenvalue weighted by Crippen LogP contribution is -2.12. The smallest absolute Gasteiger partial charge is 0.250 e. The minimum atomic E-state index is -0.442. The van der Waals surface area contributed by atoms with Gasteiger partial charge in [-0.05, 0) is 17.7 Å². The molecule has 0 fully saturated rings. The van der Waals surface area contributed by atoms with E-state index in [0.717, 1.165) is 22.6 Å². The Morgan fingerprint density at radius 1 is 0.920 bits per heavy atom. The van der Waals surface area contributed by atoms with Crippen LogP contribution in [-0.4, -0.2) is 15.3 Å². The number of amides is 1. The highest BCUT2D eigenvalue weighted by atomic mass is 16.1. The van der Waals surface area contributed by atoms with Crippen molar-refractivity contribution in [3.8, 4) is 11.3 Å². The van der Waals surface area contributed by atoms with Crippen molar-refractivity contribution in [3.05, 3.63) is 95.8 Å². The highest BCUT2D eigenvalue weighted by molar-refractivity contribution is 5.92. The largest absolute Gasteiger partial charge is 0.366 e. The molecule has 2 aromatic heterocycles. The van der Waals surface area contributed by atoms with E-state index in [2.05, 4.69) is 12.1 Å². The molecule has 2 aromatic carbocycles. The summed E-state index contributed by atoms with van der Waals surface area (Å²) in [6.07, 6.45) is 2.49. The maximum Gasteiger partial charge on any atom is 0.250 e. The number of nitrogens with two attached hydrogens (primary N) is 1. The summed E-state index contributed by atoms with van der Waals surface area (Å²) in [6.45, 7) is 0. The number of aromatic nitrogens is 2. The van der Waals surface area contributed by atoms with Gasteiger partial charge < -0.3 is 10.1 Å². The van der Waals surface area contributed by atoms with Gasteiger partial charge in [-0.25, -0.2) is 4.98 Å². The van der Waals surface area contributed by atoms with Crippen LogP contribution < -0.4 is 5.73 Å². The minimum Gasteiger partial charge on any atom is -0.366 e. The third-order valence-corrected chi connectivity index (χ3v) is 4.26. The lowest BCUT2D eigenvalue weighted by Gasteiger charge is -2.07. The molecule has 122 valence electrons. The van der Waals surface area contributed by atoms with E-state index in [-0.39, 0.29) is 0 Å². The predicted octanol–water partition coefficient (Wildman–Crippen LogP) is 3.69. The van der Waals surface area contributed by atoms with E-state index in [0.29, 0.717) is 12.0 Å². The van der Waals surface area contributed by atoms with Crippen LogP contribution in [0.4, 0.5) is 0 Å². The molecule has 25 heavy (non-hydrogen) atoms. The van der Waals surface area contributed by atoms with Crippen molar-refractivity contribution in [2.45, 2.75) is 6.42 Å². The predicted molar refractivity (Wildman–Crippen MR) is 98.4 cm³/mol. The van der Waals surface area contributed by atoms with Crippen molar-refractivity contribution >= 4 is 11.6 Å². The molecule has 0 atom stereocenters. The molecular weight excluding hydrogens is 310 g/mol. The summed E-state index contributed by atoms with van der Waals surface area (Å²) >= 11 is 0. The van der Waals surface area contributed by atoms with Gasteiger partial charge in [0.25, 0.3) is 0 Å². The molecular formula is C21H17N3O. The molecule has 0 spiro atoms. The van der Waals surface area contributed by atoms with Gasteiger partial charge in [0, 0.05) is 18.2 Å². The minimum absolute atomic E-state index is 0.442. The molecule has 1 amide bonds. The van der Waals surface area contributed by atoms with E-state index in [1.54, 1.807) is 12.3 Å². The summed E-state index contributed by atoms with van der Waals surface area (Å²) in [6, 6.07) is 23.9. The highest BCUT2D eigenvalue weighted by Gasteiger charge is 2.15. The van der Waals surface area contributed by atoms with Crippen molar-refractivity contribution in [1.82, 2.24) is 9.38 Å². The van der Waals surface area contributed by atoms with Crippen LogP contribution in [0.2, 0.25) is 0 Å². The summed E-state index contributed by atoms with van der Waals surface area (Å²) in [4.78, 5) is 16.4. The third kappa shape index (κ3) is 2.90. The summed E-state index contributed by atoms with van der Waals surface area (Å²) in [5, 5.41) is 0. The quantitative estimate of drug-likeness (QED) is 0.621. The number of carbonyl (C=O) groups is 1. The number of rotatable bonds is 4. The molecule has 0 saturated heterocycles. The second-order valence-corrected chi connectivity index (χ2v) is 5.95. The lowest BCUT2D eigenvalue weighted by molar-refractivity contribution is 0.1000. The molecule has 0 bridgehead atoms. The second-order valence-electron chi connectivity index (χ2n) is 5.95. The number of hydrogen-bond donors (Lipinski definition) is 1. The van der Waals surface area contributed by atoms with E-state index in [4.69, 9.17) is 10.7 Å². The normalized spacial score (nSPS) is 10.9. The van der Waals surface area contributed by atoms with Crippen molar-refractivity contribution in [3.63, 3.8) is 0 Å². The summed E-state index contributed by atoms with van der Waals surface area (Å²) in [5.41, 5.74) is 10.9. The molecule has 0 aliphatic rings. The van der Waals surface area contributed by atoms with Crippen LogP contribution in [0.5, 0.6) is 0 Å². The van der Waals surface area contributed by atoms with Crippen LogP contribution in [0.3, 0.4) is 0 Å². The number of imidazole rings is 1. The Hall–Kier alpha value is -3.40. The number of fused-ring (bicyclic) bond motifs is 1. The van der Waals surface area contributed by atoms with Gasteiger partial charge in [0.2, 0.25) is 5.91 Å². The molecule has 4 heteroatoms. The Morgan fingerprint density at radius 3 is 2.28 bits per heavy atom. The number of pyridine rings is 1. The SMILES string of the molecule is NC(=O)c1ccc2nc(-c3ccccc3)c(Cc3ccccc3)n2c1. The fourth-order valence-corrected chi connectivity index (χ4v) is 3.02. The summed E-state index contributed by atoms with van der Waals surface area (Å²) < 4.78 is 1.97. The van der Waals surface area contributed by atoms with Gasteiger partial charge in [-0.2, -0.15) is 0 Å².